The molecule has 0 N–H and O–H groups in total. The molecule has 31 aromatic rings. The molecule has 28 aromatic carbocycles. The van der Waals surface area contributed by atoms with Gasteiger partial charge in [0.15, 0.2) is 0 Å². The lowest BCUT2D eigenvalue weighted by atomic mass is 9.85. The van der Waals surface area contributed by atoms with E-state index in [1.807, 2.05) is 0 Å². The number of hydrogen-bond donors (Lipinski definition) is 0. The van der Waals surface area contributed by atoms with E-state index in [1.54, 1.807) is 0 Å². The normalized spacial score (nSPS) is 11.9. The van der Waals surface area contributed by atoms with Crippen LogP contribution in [0.5, 0.6) is 0 Å². The Morgan fingerprint density at radius 3 is 0.594 bits per heavy atom. The van der Waals surface area contributed by atoms with Crippen molar-refractivity contribution in [2.45, 2.75) is 0 Å². The second kappa shape index (κ2) is 33.0. The number of benzene rings is 28. The van der Waals surface area contributed by atoms with E-state index in [4.69, 9.17) is 0 Å². The standard InChI is InChI=1S/2C50H31N.C40H25N/c1-4-16-37-32(12-1)15-11-23-40(37)48-43-21-9-7-19-41(43)47(42-20-8-10-22-44(42)48)35-24-28-36(29-25-35)51-45-30-26-33-13-2-5-17-38(33)49(45)50-39-18-6-3-14-34(39)27-31-46(50)51;1-2-14-36-31-37(22-21-32(36)11-1)48-43-19-9-7-17-41(43)47(42-18-8-10-20-44(42)48)35-23-27-38(28-24-35)51-45-29-25-33-12-3-5-15-39(33)49(45)50-40-16-6-4-13-34(40)26-30-46(50)51;1-5-13-32-26(9-1)19-23-36-39(32)40-33-14-6-2-10-27(33)20-24-37(40)41(36)31-21-17-28(18-22-31)38-34-15-7-3-11-29(34)25-30-12-4-8-16-35(30)38/h2*1-31H;1-25H. The fourth-order valence-corrected chi connectivity index (χ4v) is 24.4. The van der Waals surface area contributed by atoms with Gasteiger partial charge >= 0.3 is 0 Å². The fourth-order valence-electron chi connectivity index (χ4n) is 24.4. The first-order chi connectivity index (χ1) is 71.0. The fraction of sp³-hybridized carbons (Fsp3) is 0. The Bertz CT molecular complexity index is 10300. The van der Waals surface area contributed by atoms with Crippen LogP contribution in [0.2, 0.25) is 0 Å². The first-order valence-corrected chi connectivity index (χ1v) is 49.6. The maximum Gasteiger partial charge on any atom is 0.0547 e. The van der Waals surface area contributed by atoms with Crippen LogP contribution >= 0.6 is 0 Å². The molecule has 0 radical (unpaired) electrons. The third-order valence-electron chi connectivity index (χ3n) is 30.6. The summed E-state index contributed by atoms with van der Waals surface area (Å²) >= 11 is 0. The van der Waals surface area contributed by atoms with Crippen molar-refractivity contribution in [1.82, 2.24) is 13.7 Å². The Kier molecular flexibility index (Phi) is 18.8. The molecular formula is C140H87N3. The molecule has 0 atom stereocenters. The van der Waals surface area contributed by atoms with Gasteiger partial charge in [-0.2, -0.15) is 0 Å². The Morgan fingerprint density at radius 1 is 0.105 bits per heavy atom. The van der Waals surface area contributed by atoms with Crippen molar-refractivity contribution >= 4 is 216 Å². The molecule has 0 aliphatic heterocycles. The number of aromatic nitrogens is 3. The SMILES string of the molecule is c1ccc2c(-c3c4ccccc4c(-c4ccc(-n5c6ccc7ccccc7c6c6c7ccccc7ccc65)cc4)c4ccccc34)cccc2c1.c1ccc2c(-c3ccc(-n4c5ccc6ccccc6c5c5c6ccccc6ccc54)cc3)c3ccccc3cc2c1.c1ccc2cc(-c3c4ccccc4c(-c4ccc(-n5c6ccc7ccccc7c6c6c7ccccc7ccc65)cc4)c4ccccc34)ccc2c1. The minimum atomic E-state index is 1.16. The molecule has 31 rings (SSSR count). The number of nitrogens with zero attached hydrogens (tertiary/aromatic N) is 3. The average molecular weight is 1810 g/mol. The molecule has 0 spiro atoms. The van der Waals surface area contributed by atoms with Crippen LogP contribution in [0, 0.1) is 0 Å². The summed E-state index contributed by atoms with van der Waals surface area (Å²) in [4.78, 5) is 0. The minimum absolute atomic E-state index is 1.16. The van der Waals surface area contributed by atoms with E-state index in [2.05, 4.69) is 541 Å². The van der Waals surface area contributed by atoms with E-state index in [1.165, 1.54) is 278 Å². The Hall–Kier alpha value is -18.8. The van der Waals surface area contributed by atoms with Crippen LogP contribution in [0.25, 0.3) is 289 Å². The Balaban J connectivity index is 0.000000103. The highest BCUT2D eigenvalue weighted by atomic mass is 15.0. The second-order valence-electron chi connectivity index (χ2n) is 38.2. The van der Waals surface area contributed by atoms with Crippen LogP contribution in [0.1, 0.15) is 0 Å². The van der Waals surface area contributed by atoms with Crippen molar-refractivity contribution in [3.05, 3.63) is 528 Å². The van der Waals surface area contributed by atoms with Crippen LogP contribution in [-0.4, -0.2) is 13.7 Å². The molecule has 0 saturated carbocycles. The van der Waals surface area contributed by atoms with Crippen molar-refractivity contribution in [2.24, 2.45) is 0 Å². The van der Waals surface area contributed by atoms with E-state index < -0.39 is 0 Å². The molecule has 662 valence electrons. The summed E-state index contributed by atoms with van der Waals surface area (Å²) in [6.45, 7) is 0. The van der Waals surface area contributed by atoms with Gasteiger partial charge in [0.1, 0.15) is 0 Å². The van der Waals surface area contributed by atoms with Gasteiger partial charge in [-0.1, -0.05) is 443 Å². The predicted octanol–water partition coefficient (Wildman–Crippen LogP) is 38.8. The Morgan fingerprint density at radius 2 is 0.301 bits per heavy atom. The molecule has 0 fully saturated rings. The summed E-state index contributed by atoms with van der Waals surface area (Å²) < 4.78 is 7.34. The van der Waals surface area contributed by atoms with Gasteiger partial charge in [0.25, 0.3) is 0 Å². The van der Waals surface area contributed by atoms with Gasteiger partial charge in [0, 0.05) is 49.4 Å². The van der Waals surface area contributed by atoms with E-state index in [9.17, 15) is 0 Å². The molecule has 3 aromatic heterocycles. The summed E-state index contributed by atoms with van der Waals surface area (Å²) in [6, 6.07) is 194. The topological polar surface area (TPSA) is 14.8 Å². The van der Waals surface area contributed by atoms with Gasteiger partial charge in [0.05, 0.1) is 33.1 Å². The zero-order valence-corrected chi connectivity index (χ0v) is 78.1. The molecule has 3 heteroatoms. The highest BCUT2D eigenvalue weighted by Gasteiger charge is 2.26. The lowest BCUT2D eigenvalue weighted by Crippen LogP contribution is -1.95. The molecule has 3 heterocycles. The van der Waals surface area contributed by atoms with Gasteiger partial charge < -0.3 is 13.7 Å². The highest BCUT2D eigenvalue weighted by Crippen LogP contribution is 2.52. The summed E-state index contributed by atoms with van der Waals surface area (Å²) in [6.07, 6.45) is 0. The summed E-state index contributed by atoms with van der Waals surface area (Å²) in [7, 11) is 0. The summed E-state index contributed by atoms with van der Waals surface area (Å²) in [5.41, 5.74) is 23.5. The maximum atomic E-state index is 2.45. The third kappa shape index (κ3) is 12.9. The van der Waals surface area contributed by atoms with E-state index in [-0.39, 0.29) is 0 Å². The van der Waals surface area contributed by atoms with E-state index in [0.717, 1.165) is 11.4 Å². The number of hydrogen-bond acceptors (Lipinski definition) is 0. The average Bonchev–Trinajstić information content (AvgIpc) is 1.52. The van der Waals surface area contributed by atoms with E-state index in [0.29, 0.717) is 0 Å². The predicted molar refractivity (Wildman–Crippen MR) is 615 cm³/mol. The zero-order chi connectivity index (χ0) is 93.8. The number of rotatable bonds is 8. The Labute approximate surface area is 824 Å². The highest BCUT2D eigenvalue weighted by molar-refractivity contribution is 6.33. The van der Waals surface area contributed by atoms with Gasteiger partial charge in [-0.3, -0.25) is 0 Å². The lowest BCUT2D eigenvalue weighted by Gasteiger charge is -2.19. The maximum absolute atomic E-state index is 2.45. The minimum Gasteiger partial charge on any atom is -0.309 e. The summed E-state index contributed by atoms with van der Waals surface area (Å²) in [5.74, 6) is 0. The van der Waals surface area contributed by atoms with Gasteiger partial charge in [0.2, 0.25) is 0 Å². The molecule has 0 saturated heterocycles. The largest absolute Gasteiger partial charge is 0.309 e. The smallest absolute Gasteiger partial charge is 0.0547 e. The van der Waals surface area contributed by atoms with Crippen molar-refractivity contribution in [3.8, 4) is 72.7 Å². The molecule has 3 nitrogen and oxygen atoms in total. The van der Waals surface area contributed by atoms with E-state index >= 15 is 0 Å². The molecule has 0 unspecified atom stereocenters. The van der Waals surface area contributed by atoms with Crippen molar-refractivity contribution in [1.29, 1.82) is 0 Å². The molecule has 0 aliphatic carbocycles. The van der Waals surface area contributed by atoms with Gasteiger partial charge in [-0.05, 0) is 291 Å². The van der Waals surface area contributed by atoms with Crippen molar-refractivity contribution in [2.75, 3.05) is 0 Å². The molecule has 0 bridgehead atoms. The monoisotopic (exact) mass is 1810 g/mol. The molecule has 0 aliphatic rings. The molecule has 0 amide bonds. The third-order valence-corrected chi connectivity index (χ3v) is 30.6. The van der Waals surface area contributed by atoms with Crippen molar-refractivity contribution < 1.29 is 0 Å². The first-order valence-electron chi connectivity index (χ1n) is 49.6. The van der Waals surface area contributed by atoms with Gasteiger partial charge in [-0.25, -0.2) is 0 Å². The van der Waals surface area contributed by atoms with Gasteiger partial charge in [-0.15, -0.1) is 0 Å². The van der Waals surface area contributed by atoms with Crippen LogP contribution in [0.3, 0.4) is 0 Å². The number of fused-ring (bicyclic) bond motifs is 29. The zero-order valence-electron chi connectivity index (χ0n) is 78.1. The lowest BCUT2D eigenvalue weighted by molar-refractivity contribution is 1.18. The first kappa shape index (κ1) is 81.4. The molecule has 143 heavy (non-hydrogen) atoms. The van der Waals surface area contributed by atoms with Crippen LogP contribution in [0.4, 0.5) is 0 Å². The van der Waals surface area contributed by atoms with Crippen LogP contribution in [-0.2, 0) is 0 Å². The summed E-state index contributed by atoms with van der Waals surface area (Å²) in [5, 5.41) is 43.5. The quantitative estimate of drug-likeness (QED) is 0.135. The second-order valence-corrected chi connectivity index (χ2v) is 38.2. The van der Waals surface area contributed by atoms with Crippen LogP contribution in [0.15, 0.2) is 528 Å². The molecular weight excluding hydrogens is 1720 g/mol. The van der Waals surface area contributed by atoms with Crippen LogP contribution < -0.4 is 0 Å². The van der Waals surface area contributed by atoms with Crippen molar-refractivity contribution in [3.63, 3.8) is 0 Å².